The van der Waals surface area contributed by atoms with Gasteiger partial charge in [0.1, 0.15) is 0 Å². The Morgan fingerprint density at radius 1 is 1.23 bits per heavy atom. The van der Waals surface area contributed by atoms with Crippen LogP contribution in [0.25, 0.3) is 0 Å². The highest BCUT2D eigenvalue weighted by atomic mass is 32.2. The number of carbonyl (C=O) groups is 1. The van der Waals surface area contributed by atoms with E-state index in [1.165, 1.54) is 43.3 Å². The summed E-state index contributed by atoms with van der Waals surface area (Å²) in [5.74, 6) is -0.916. The maximum Gasteiger partial charge on any atom is 0.311 e. The van der Waals surface area contributed by atoms with Crippen LogP contribution in [0.5, 0.6) is 5.75 Å². The van der Waals surface area contributed by atoms with E-state index in [0.29, 0.717) is 5.69 Å². The van der Waals surface area contributed by atoms with Crippen molar-refractivity contribution < 1.29 is 23.2 Å². The highest BCUT2D eigenvalue weighted by Crippen LogP contribution is 2.27. The van der Waals surface area contributed by atoms with E-state index >= 15 is 0 Å². The van der Waals surface area contributed by atoms with Gasteiger partial charge in [-0.05, 0) is 30.3 Å². The van der Waals surface area contributed by atoms with Gasteiger partial charge in [0.15, 0.2) is 0 Å². The Bertz CT molecular complexity index is 970. The van der Waals surface area contributed by atoms with Crippen LogP contribution in [0.1, 0.15) is 12.5 Å². The zero-order chi connectivity index (χ0) is 19.3. The molecule has 0 atom stereocenters. The van der Waals surface area contributed by atoms with Crippen molar-refractivity contribution in [3.8, 4) is 5.75 Å². The van der Waals surface area contributed by atoms with Gasteiger partial charge in [-0.25, -0.2) is 4.83 Å². The molecule has 0 aliphatic carbocycles. The Labute approximate surface area is 148 Å². The number of benzene rings is 2. The van der Waals surface area contributed by atoms with Crippen molar-refractivity contribution in [3.05, 3.63) is 58.1 Å². The average molecular weight is 378 g/mol. The van der Waals surface area contributed by atoms with Crippen molar-refractivity contribution in [3.63, 3.8) is 0 Å². The minimum absolute atomic E-state index is 0.0251. The van der Waals surface area contributed by atoms with Gasteiger partial charge in [0.05, 0.1) is 16.0 Å². The fourth-order valence-electron chi connectivity index (χ4n) is 1.94. The van der Waals surface area contributed by atoms with Crippen molar-refractivity contribution in [2.45, 2.75) is 11.8 Å². The number of sulfonamides is 1. The first-order valence-electron chi connectivity index (χ1n) is 7.09. The van der Waals surface area contributed by atoms with Gasteiger partial charge in [-0.15, -0.1) is 0 Å². The molecule has 26 heavy (non-hydrogen) atoms. The number of hydrazone groups is 1. The van der Waals surface area contributed by atoms with Crippen LogP contribution >= 0.6 is 0 Å². The molecular formula is C15H14N4O6S. The molecule has 0 unspecified atom stereocenters. The predicted molar refractivity (Wildman–Crippen MR) is 93.4 cm³/mol. The zero-order valence-corrected chi connectivity index (χ0v) is 14.2. The summed E-state index contributed by atoms with van der Waals surface area (Å²) in [4.78, 5) is 22.7. The summed E-state index contributed by atoms with van der Waals surface area (Å²) >= 11 is 0. The molecule has 0 fully saturated rings. The minimum Gasteiger partial charge on any atom is -0.502 e. The second-order valence-electron chi connectivity index (χ2n) is 5.03. The number of para-hydroxylation sites is 1. The van der Waals surface area contributed by atoms with E-state index in [1.807, 2.05) is 4.83 Å². The number of nitro groups is 1. The molecule has 0 saturated carbocycles. The lowest BCUT2D eigenvalue weighted by molar-refractivity contribution is -0.385. The van der Waals surface area contributed by atoms with Gasteiger partial charge in [-0.1, -0.05) is 6.07 Å². The second kappa shape index (κ2) is 7.61. The number of carbonyl (C=O) groups excluding carboxylic acids is 1. The van der Waals surface area contributed by atoms with Crippen LogP contribution in [0, 0.1) is 10.1 Å². The highest BCUT2D eigenvalue weighted by Gasteiger charge is 2.16. The molecule has 2 aromatic carbocycles. The number of phenolic OH excluding ortho intramolecular Hbond substituents is 1. The minimum atomic E-state index is -3.99. The quantitative estimate of drug-likeness (QED) is 0.394. The molecule has 0 aliphatic rings. The van der Waals surface area contributed by atoms with E-state index in [9.17, 15) is 28.4 Å². The predicted octanol–water partition coefficient (Wildman–Crippen LogP) is 1.57. The molecule has 0 spiro atoms. The first-order chi connectivity index (χ1) is 12.2. The number of hydrogen-bond donors (Lipinski definition) is 3. The SMILES string of the molecule is CC(=O)Nc1ccc(S(=O)(=O)NN=Cc2cccc([N+](=O)[O-])c2O)cc1. The Kier molecular flexibility index (Phi) is 5.52. The van der Waals surface area contributed by atoms with Crippen LogP contribution in [-0.4, -0.2) is 30.6 Å². The van der Waals surface area contributed by atoms with Crippen molar-refractivity contribution in [2.75, 3.05) is 5.32 Å². The van der Waals surface area contributed by atoms with E-state index < -0.39 is 26.4 Å². The average Bonchev–Trinajstić information content (AvgIpc) is 2.56. The third kappa shape index (κ3) is 4.54. The largest absolute Gasteiger partial charge is 0.502 e. The van der Waals surface area contributed by atoms with Gasteiger partial charge < -0.3 is 10.4 Å². The lowest BCUT2D eigenvalue weighted by atomic mass is 10.2. The fraction of sp³-hybridized carbons (Fsp3) is 0.0667. The topological polar surface area (TPSA) is 151 Å². The van der Waals surface area contributed by atoms with E-state index in [4.69, 9.17) is 0 Å². The first kappa shape index (κ1) is 18.9. The van der Waals surface area contributed by atoms with Gasteiger partial charge in [-0.2, -0.15) is 13.5 Å². The molecular weight excluding hydrogens is 364 g/mol. The van der Waals surface area contributed by atoms with Gasteiger partial charge >= 0.3 is 5.69 Å². The van der Waals surface area contributed by atoms with E-state index in [0.717, 1.165) is 12.3 Å². The lowest BCUT2D eigenvalue weighted by Gasteiger charge is -2.05. The number of nitro benzene ring substituents is 1. The summed E-state index contributed by atoms with van der Waals surface area (Å²) in [5, 5.41) is 26.5. The van der Waals surface area contributed by atoms with E-state index in [1.54, 1.807) is 0 Å². The first-order valence-corrected chi connectivity index (χ1v) is 8.58. The van der Waals surface area contributed by atoms with Crippen molar-refractivity contribution in [1.82, 2.24) is 4.83 Å². The number of amides is 1. The third-order valence-corrected chi connectivity index (χ3v) is 4.34. The normalized spacial score (nSPS) is 11.3. The molecule has 0 heterocycles. The monoisotopic (exact) mass is 378 g/mol. The van der Waals surface area contributed by atoms with E-state index in [-0.39, 0.29) is 16.4 Å². The number of nitrogens with zero attached hydrogens (tertiary/aromatic N) is 2. The van der Waals surface area contributed by atoms with Crippen molar-refractivity contribution in [1.29, 1.82) is 0 Å². The number of hydrogen-bond acceptors (Lipinski definition) is 7. The van der Waals surface area contributed by atoms with Crippen LogP contribution < -0.4 is 10.1 Å². The van der Waals surface area contributed by atoms with Crippen molar-refractivity contribution >= 4 is 33.5 Å². The summed E-state index contributed by atoms with van der Waals surface area (Å²) in [5.41, 5.74) is -0.116. The van der Waals surface area contributed by atoms with Gasteiger partial charge in [0, 0.05) is 24.2 Å². The molecule has 0 aliphatic heterocycles. The molecule has 0 radical (unpaired) electrons. The Balaban J connectivity index is 2.15. The number of phenols is 1. The number of anilines is 1. The molecule has 0 bridgehead atoms. The highest BCUT2D eigenvalue weighted by molar-refractivity contribution is 7.89. The van der Waals surface area contributed by atoms with Crippen LogP contribution in [0.4, 0.5) is 11.4 Å². The summed E-state index contributed by atoms with van der Waals surface area (Å²) in [6.45, 7) is 1.32. The van der Waals surface area contributed by atoms with Crippen LogP contribution in [0.15, 0.2) is 52.5 Å². The Hall–Kier alpha value is -3.47. The third-order valence-electron chi connectivity index (χ3n) is 3.10. The summed E-state index contributed by atoms with van der Waals surface area (Å²) in [7, 11) is -3.99. The standard InChI is InChI=1S/C15H14N4O6S/c1-10(20)17-12-5-7-13(8-6-12)26(24,25)18-16-9-11-3-2-4-14(15(11)21)19(22)23/h2-9,18,21H,1H3,(H,17,20). The van der Waals surface area contributed by atoms with E-state index in [2.05, 4.69) is 10.4 Å². The Morgan fingerprint density at radius 2 is 1.88 bits per heavy atom. The zero-order valence-electron chi connectivity index (χ0n) is 13.4. The summed E-state index contributed by atoms with van der Waals surface area (Å²) in [6.07, 6.45) is 0.950. The van der Waals surface area contributed by atoms with Gasteiger partial charge in [0.25, 0.3) is 10.0 Å². The number of rotatable bonds is 6. The molecule has 11 heteroatoms. The summed E-state index contributed by atoms with van der Waals surface area (Å²) < 4.78 is 24.3. The molecule has 0 saturated heterocycles. The van der Waals surface area contributed by atoms with Crippen LogP contribution in [-0.2, 0) is 14.8 Å². The lowest BCUT2D eigenvalue weighted by Crippen LogP contribution is -2.18. The van der Waals surface area contributed by atoms with Gasteiger partial charge in [0.2, 0.25) is 11.7 Å². The second-order valence-corrected chi connectivity index (χ2v) is 6.69. The molecule has 0 aromatic heterocycles. The molecule has 1 amide bonds. The number of nitrogens with one attached hydrogen (secondary N) is 2. The van der Waals surface area contributed by atoms with Gasteiger partial charge in [-0.3, -0.25) is 14.9 Å². The van der Waals surface area contributed by atoms with Crippen molar-refractivity contribution in [2.24, 2.45) is 5.10 Å². The Morgan fingerprint density at radius 3 is 2.46 bits per heavy atom. The molecule has 10 nitrogen and oxygen atoms in total. The fourth-order valence-corrected chi connectivity index (χ4v) is 2.73. The molecule has 2 rings (SSSR count). The molecule has 2 aromatic rings. The maximum atomic E-state index is 12.1. The summed E-state index contributed by atoms with van der Waals surface area (Å²) in [6, 6.07) is 9.13. The molecule has 3 N–H and O–H groups in total. The van der Waals surface area contributed by atoms with Crippen LogP contribution in [0.2, 0.25) is 0 Å². The van der Waals surface area contributed by atoms with Crippen LogP contribution in [0.3, 0.4) is 0 Å². The number of aromatic hydroxyl groups is 1. The molecule has 136 valence electrons. The maximum absolute atomic E-state index is 12.1. The smallest absolute Gasteiger partial charge is 0.311 e.